The van der Waals surface area contributed by atoms with Crippen molar-refractivity contribution < 1.29 is 13.5 Å². The van der Waals surface area contributed by atoms with Gasteiger partial charge < -0.3 is 10.1 Å². The third kappa shape index (κ3) is 2.86. The molecule has 0 unspecified atom stereocenters. The van der Waals surface area contributed by atoms with Crippen LogP contribution in [0.25, 0.3) is 0 Å². The maximum absolute atomic E-state index is 11.9. The summed E-state index contributed by atoms with van der Waals surface area (Å²) in [6.45, 7) is 1.04. The number of halogens is 2. The molecule has 6 heteroatoms. The Morgan fingerprint density at radius 3 is 2.64 bits per heavy atom. The molecular formula is C8H13F2N3O. The maximum atomic E-state index is 11.9. The van der Waals surface area contributed by atoms with Crippen molar-refractivity contribution in [2.45, 2.75) is 26.5 Å². The zero-order valence-corrected chi connectivity index (χ0v) is 8.29. The summed E-state index contributed by atoms with van der Waals surface area (Å²) in [5.41, 5.74) is 0. The van der Waals surface area contributed by atoms with Gasteiger partial charge in [0.05, 0.1) is 0 Å². The van der Waals surface area contributed by atoms with Crippen LogP contribution in [0.5, 0.6) is 5.88 Å². The molecule has 0 saturated carbocycles. The highest BCUT2D eigenvalue weighted by Gasteiger charge is 2.11. The van der Waals surface area contributed by atoms with E-state index in [9.17, 15) is 8.78 Å². The summed E-state index contributed by atoms with van der Waals surface area (Å²) >= 11 is 0. The first-order valence-corrected chi connectivity index (χ1v) is 4.24. The van der Waals surface area contributed by atoms with Gasteiger partial charge in [-0.2, -0.15) is 13.9 Å². The Labute approximate surface area is 80.9 Å². The van der Waals surface area contributed by atoms with Crippen molar-refractivity contribution in [3.8, 4) is 5.88 Å². The van der Waals surface area contributed by atoms with E-state index in [4.69, 9.17) is 0 Å². The number of aromatic nitrogens is 2. The second-order valence-electron chi connectivity index (χ2n) is 3.17. The molecule has 4 nitrogen and oxygen atoms in total. The predicted octanol–water partition coefficient (Wildman–Crippen LogP) is 1.84. The highest BCUT2D eigenvalue weighted by molar-refractivity contribution is 5.39. The van der Waals surface area contributed by atoms with Gasteiger partial charge >= 0.3 is 6.61 Å². The van der Waals surface area contributed by atoms with Crippen LogP contribution in [-0.2, 0) is 7.05 Å². The van der Waals surface area contributed by atoms with E-state index < -0.39 is 6.61 Å². The van der Waals surface area contributed by atoms with E-state index in [2.05, 4.69) is 15.2 Å². The Bertz CT molecular complexity index is 299. The number of nitrogens with zero attached hydrogens (tertiary/aromatic N) is 2. The molecule has 0 aromatic carbocycles. The molecule has 1 heterocycles. The van der Waals surface area contributed by atoms with E-state index in [1.807, 2.05) is 13.8 Å². The summed E-state index contributed by atoms with van der Waals surface area (Å²) in [5, 5.41) is 6.93. The highest BCUT2D eigenvalue weighted by Crippen LogP contribution is 2.18. The van der Waals surface area contributed by atoms with Crippen molar-refractivity contribution in [3.05, 3.63) is 6.07 Å². The Balaban J connectivity index is 2.72. The lowest BCUT2D eigenvalue weighted by atomic mass is 10.4. The molecule has 14 heavy (non-hydrogen) atoms. The number of aryl methyl sites for hydroxylation is 1. The van der Waals surface area contributed by atoms with Gasteiger partial charge in [0.1, 0.15) is 0 Å². The van der Waals surface area contributed by atoms with Gasteiger partial charge in [0, 0.05) is 19.2 Å². The molecule has 0 spiro atoms. The summed E-state index contributed by atoms with van der Waals surface area (Å²) in [4.78, 5) is 0. The normalized spacial score (nSPS) is 11.1. The molecule has 0 aliphatic rings. The van der Waals surface area contributed by atoms with Crippen LogP contribution >= 0.6 is 0 Å². The fourth-order valence-electron chi connectivity index (χ4n) is 1.02. The largest absolute Gasteiger partial charge is 0.417 e. The molecule has 1 rings (SSSR count). The SMILES string of the molecule is CC(C)Nc1cc(OC(F)F)n(C)n1. The molecule has 0 aliphatic heterocycles. The molecule has 80 valence electrons. The fourth-order valence-corrected chi connectivity index (χ4v) is 1.02. The van der Waals surface area contributed by atoms with E-state index in [1.54, 1.807) is 7.05 Å². The van der Waals surface area contributed by atoms with Gasteiger partial charge in [-0.15, -0.1) is 0 Å². The molecule has 0 radical (unpaired) electrons. The van der Waals surface area contributed by atoms with Gasteiger partial charge in [-0.1, -0.05) is 0 Å². The monoisotopic (exact) mass is 205 g/mol. The van der Waals surface area contributed by atoms with E-state index in [0.717, 1.165) is 0 Å². The van der Waals surface area contributed by atoms with E-state index in [-0.39, 0.29) is 11.9 Å². The predicted molar refractivity (Wildman–Crippen MR) is 48.6 cm³/mol. The van der Waals surface area contributed by atoms with Crippen LogP contribution in [0.15, 0.2) is 6.07 Å². The lowest BCUT2D eigenvalue weighted by Gasteiger charge is -2.04. The minimum Gasteiger partial charge on any atom is -0.417 e. The van der Waals surface area contributed by atoms with Gasteiger partial charge in [-0.25, -0.2) is 4.68 Å². The van der Waals surface area contributed by atoms with Crippen LogP contribution in [0, 0.1) is 0 Å². The van der Waals surface area contributed by atoms with Crippen LogP contribution in [-0.4, -0.2) is 22.4 Å². The number of hydrogen-bond donors (Lipinski definition) is 1. The van der Waals surface area contributed by atoms with Gasteiger partial charge in [0.25, 0.3) is 0 Å². The Morgan fingerprint density at radius 2 is 2.14 bits per heavy atom. The maximum Gasteiger partial charge on any atom is 0.388 e. The molecule has 1 aromatic heterocycles. The number of nitrogens with one attached hydrogen (secondary N) is 1. The number of anilines is 1. The topological polar surface area (TPSA) is 39.1 Å². The Morgan fingerprint density at radius 1 is 1.50 bits per heavy atom. The van der Waals surface area contributed by atoms with Crippen molar-refractivity contribution in [1.82, 2.24) is 9.78 Å². The number of alkyl halides is 2. The first kappa shape index (κ1) is 10.7. The molecule has 0 saturated heterocycles. The summed E-state index contributed by atoms with van der Waals surface area (Å²) in [5.74, 6) is 0.571. The van der Waals surface area contributed by atoms with E-state index >= 15 is 0 Å². The molecule has 1 aromatic rings. The van der Waals surface area contributed by atoms with Gasteiger partial charge in [-0.05, 0) is 13.8 Å². The minimum atomic E-state index is -2.82. The van der Waals surface area contributed by atoms with Crippen LogP contribution in [0.3, 0.4) is 0 Å². The van der Waals surface area contributed by atoms with Crippen molar-refractivity contribution >= 4 is 5.82 Å². The number of hydrogen-bond acceptors (Lipinski definition) is 3. The van der Waals surface area contributed by atoms with Gasteiger partial charge in [0.2, 0.25) is 5.88 Å². The summed E-state index contributed by atoms with van der Waals surface area (Å²) in [6.07, 6.45) is 0. The average molecular weight is 205 g/mol. The smallest absolute Gasteiger partial charge is 0.388 e. The third-order valence-electron chi connectivity index (χ3n) is 1.48. The third-order valence-corrected chi connectivity index (χ3v) is 1.48. The quantitative estimate of drug-likeness (QED) is 0.815. The Hall–Kier alpha value is -1.33. The second-order valence-corrected chi connectivity index (χ2v) is 3.17. The van der Waals surface area contributed by atoms with Gasteiger partial charge in [0.15, 0.2) is 5.82 Å². The van der Waals surface area contributed by atoms with Crippen molar-refractivity contribution in [1.29, 1.82) is 0 Å². The van der Waals surface area contributed by atoms with Crippen LogP contribution in [0.4, 0.5) is 14.6 Å². The lowest BCUT2D eigenvalue weighted by Crippen LogP contribution is -2.10. The molecule has 0 bridgehead atoms. The standard InChI is InChI=1S/C8H13F2N3O/c1-5(2)11-6-4-7(13(3)12-6)14-8(9)10/h4-5,8H,1-3H3,(H,11,12). The molecule has 1 N–H and O–H groups in total. The molecule has 0 aliphatic carbocycles. The van der Waals surface area contributed by atoms with Crippen LogP contribution in [0.2, 0.25) is 0 Å². The summed E-state index contributed by atoms with van der Waals surface area (Å²) < 4.78 is 29.3. The van der Waals surface area contributed by atoms with Crippen LogP contribution < -0.4 is 10.1 Å². The number of rotatable bonds is 4. The van der Waals surface area contributed by atoms with E-state index in [0.29, 0.717) is 5.82 Å². The van der Waals surface area contributed by atoms with Crippen molar-refractivity contribution in [2.75, 3.05) is 5.32 Å². The van der Waals surface area contributed by atoms with Crippen molar-refractivity contribution in [2.24, 2.45) is 7.05 Å². The minimum absolute atomic E-state index is 0.0446. The Kier molecular flexibility index (Phi) is 3.27. The highest BCUT2D eigenvalue weighted by atomic mass is 19.3. The van der Waals surface area contributed by atoms with E-state index in [1.165, 1.54) is 10.7 Å². The zero-order chi connectivity index (χ0) is 10.7. The van der Waals surface area contributed by atoms with Crippen LogP contribution in [0.1, 0.15) is 13.8 Å². The van der Waals surface area contributed by atoms with Crippen molar-refractivity contribution in [3.63, 3.8) is 0 Å². The number of ether oxygens (including phenoxy) is 1. The van der Waals surface area contributed by atoms with Gasteiger partial charge in [-0.3, -0.25) is 0 Å². The lowest BCUT2D eigenvalue weighted by molar-refractivity contribution is -0.0553. The molecule has 0 atom stereocenters. The zero-order valence-electron chi connectivity index (χ0n) is 8.29. The molecule has 0 fully saturated rings. The summed E-state index contributed by atoms with van der Waals surface area (Å²) in [7, 11) is 1.54. The second kappa shape index (κ2) is 4.26. The first-order chi connectivity index (χ1) is 6.49. The molecular weight excluding hydrogens is 192 g/mol. The fraction of sp³-hybridized carbons (Fsp3) is 0.625. The molecule has 0 amide bonds. The summed E-state index contributed by atoms with van der Waals surface area (Å²) in [6, 6.07) is 1.64. The first-order valence-electron chi connectivity index (χ1n) is 4.24. The average Bonchev–Trinajstić information content (AvgIpc) is 2.28.